The van der Waals surface area contributed by atoms with Crippen LogP contribution < -0.4 is 15.5 Å². The van der Waals surface area contributed by atoms with Crippen LogP contribution in [0.25, 0.3) is 0 Å². The van der Waals surface area contributed by atoms with Crippen molar-refractivity contribution in [3.8, 4) is 0 Å². The van der Waals surface area contributed by atoms with E-state index in [2.05, 4.69) is 10.6 Å². The van der Waals surface area contributed by atoms with E-state index in [1.165, 1.54) is 19.3 Å². The lowest BCUT2D eigenvalue weighted by Crippen LogP contribution is -3.11. The van der Waals surface area contributed by atoms with Crippen molar-refractivity contribution in [3.05, 3.63) is 24.3 Å². The van der Waals surface area contributed by atoms with E-state index >= 15 is 0 Å². The number of rotatable bonds is 7. The second-order valence-electron chi connectivity index (χ2n) is 6.46. The maximum absolute atomic E-state index is 12.2. The minimum absolute atomic E-state index is 0.0386. The first-order valence-corrected chi connectivity index (χ1v) is 9.84. The molecule has 24 heavy (non-hydrogen) atoms. The van der Waals surface area contributed by atoms with Crippen LogP contribution >= 0.6 is 11.8 Å². The smallest absolute Gasteiger partial charge is 0.279 e. The predicted octanol–water partition coefficient (Wildman–Crippen LogP) is 1.31. The van der Waals surface area contributed by atoms with Crippen molar-refractivity contribution in [2.24, 2.45) is 0 Å². The Kier molecular flexibility index (Phi) is 7.59. The average molecular weight is 351 g/mol. The third kappa shape index (κ3) is 6.17. The van der Waals surface area contributed by atoms with E-state index in [1.54, 1.807) is 11.8 Å². The Labute approximate surface area is 148 Å². The summed E-state index contributed by atoms with van der Waals surface area (Å²) in [5.74, 6) is -0.0313. The predicted molar refractivity (Wildman–Crippen MR) is 98.5 cm³/mol. The third-order valence-corrected chi connectivity index (χ3v) is 5.07. The molecule has 1 fully saturated rings. The molecule has 0 heterocycles. The fourth-order valence-electron chi connectivity index (χ4n) is 3.08. The normalized spacial score (nSPS) is 16.4. The van der Waals surface area contributed by atoms with Crippen LogP contribution in [-0.4, -0.2) is 44.2 Å². The van der Waals surface area contributed by atoms with Gasteiger partial charge >= 0.3 is 0 Å². The number of quaternary nitrogens is 1. The molecule has 6 heteroatoms. The van der Waals surface area contributed by atoms with Crippen LogP contribution in [-0.2, 0) is 9.59 Å². The van der Waals surface area contributed by atoms with E-state index in [0.29, 0.717) is 12.6 Å². The zero-order chi connectivity index (χ0) is 17.4. The van der Waals surface area contributed by atoms with Crippen LogP contribution in [0, 0.1) is 0 Å². The molecule has 132 valence electrons. The molecule has 2 amide bonds. The summed E-state index contributed by atoms with van der Waals surface area (Å²) < 4.78 is 0. The lowest BCUT2D eigenvalue weighted by atomic mass is 9.95. The number of amides is 2. The Morgan fingerprint density at radius 3 is 2.50 bits per heavy atom. The number of anilines is 1. The Morgan fingerprint density at radius 2 is 1.79 bits per heavy atom. The second kappa shape index (κ2) is 9.69. The number of benzene rings is 1. The molecule has 0 aromatic heterocycles. The highest BCUT2D eigenvalue weighted by atomic mass is 32.2. The summed E-state index contributed by atoms with van der Waals surface area (Å²) in [6.07, 6.45) is 7.82. The Balaban J connectivity index is 1.75. The molecule has 5 nitrogen and oxygen atoms in total. The van der Waals surface area contributed by atoms with Crippen molar-refractivity contribution in [1.29, 1.82) is 0 Å². The number of nitrogens with one attached hydrogen (secondary N) is 3. The molecule has 1 aliphatic carbocycles. The van der Waals surface area contributed by atoms with Crippen molar-refractivity contribution >= 4 is 29.3 Å². The summed E-state index contributed by atoms with van der Waals surface area (Å²) >= 11 is 1.60. The van der Waals surface area contributed by atoms with Gasteiger partial charge in [0.1, 0.15) is 0 Å². The van der Waals surface area contributed by atoms with Crippen LogP contribution in [0.4, 0.5) is 5.69 Å². The van der Waals surface area contributed by atoms with Crippen molar-refractivity contribution in [2.75, 3.05) is 31.7 Å². The fraction of sp³-hybridized carbons (Fsp3) is 0.556. The minimum Gasteiger partial charge on any atom is -0.348 e. The highest BCUT2D eigenvalue weighted by molar-refractivity contribution is 7.98. The van der Waals surface area contributed by atoms with Gasteiger partial charge in [0, 0.05) is 10.9 Å². The first-order chi connectivity index (χ1) is 11.6. The molecular formula is C18H28N3O2S+. The standard InChI is InChI=1S/C18H27N3O2S/c1-21(12-17(22)19-14-8-4-3-5-9-14)13-18(23)20-15-10-6-7-11-16(15)24-2/h6-7,10-11,14H,3-5,8-9,12-13H2,1-2H3,(H,19,22)(H,20,23)/p+1. The van der Waals surface area contributed by atoms with E-state index < -0.39 is 0 Å². The van der Waals surface area contributed by atoms with Gasteiger partial charge in [0.05, 0.1) is 12.7 Å². The summed E-state index contributed by atoms with van der Waals surface area (Å²) in [5, 5.41) is 6.03. The minimum atomic E-state index is -0.0699. The summed E-state index contributed by atoms with van der Waals surface area (Å²) in [6.45, 7) is 0.606. The van der Waals surface area contributed by atoms with Crippen LogP contribution in [0.2, 0.25) is 0 Å². The van der Waals surface area contributed by atoms with Crippen molar-refractivity contribution in [1.82, 2.24) is 5.32 Å². The number of likely N-dealkylation sites (N-methyl/N-ethyl adjacent to an activating group) is 1. The van der Waals surface area contributed by atoms with Gasteiger partial charge in [-0.25, -0.2) is 0 Å². The highest BCUT2D eigenvalue weighted by Crippen LogP contribution is 2.24. The number of carbonyl (C=O) groups excluding carboxylic acids is 2. The zero-order valence-electron chi connectivity index (χ0n) is 14.6. The molecule has 2 rings (SSSR count). The van der Waals surface area contributed by atoms with E-state index in [1.807, 2.05) is 37.6 Å². The van der Waals surface area contributed by atoms with E-state index in [9.17, 15) is 9.59 Å². The molecule has 0 radical (unpaired) electrons. The quantitative estimate of drug-likeness (QED) is 0.650. The van der Waals surface area contributed by atoms with Crippen LogP contribution in [0.5, 0.6) is 0 Å². The lowest BCUT2D eigenvalue weighted by Gasteiger charge is -2.23. The second-order valence-corrected chi connectivity index (χ2v) is 7.31. The highest BCUT2D eigenvalue weighted by Gasteiger charge is 2.19. The molecule has 1 unspecified atom stereocenters. The monoisotopic (exact) mass is 350 g/mol. The average Bonchev–Trinajstić information content (AvgIpc) is 2.55. The van der Waals surface area contributed by atoms with Gasteiger partial charge in [-0.05, 0) is 31.2 Å². The zero-order valence-corrected chi connectivity index (χ0v) is 15.4. The molecule has 1 saturated carbocycles. The molecule has 1 aromatic carbocycles. The van der Waals surface area contributed by atoms with Gasteiger partial charge in [0.25, 0.3) is 11.8 Å². The summed E-state index contributed by atoms with van der Waals surface area (Å²) in [7, 11) is 1.88. The van der Waals surface area contributed by atoms with E-state index in [4.69, 9.17) is 0 Å². The van der Waals surface area contributed by atoms with Crippen molar-refractivity contribution in [3.63, 3.8) is 0 Å². The molecule has 3 N–H and O–H groups in total. The molecule has 1 aromatic rings. The van der Waals surface area contributed by atoms with Gasteiger partial charge < -0.3 is 15.5 Å². The Morgan fingerprint density at radius 1 is 1.12 bits per heavy atom. The molecule has 0 bridgehead atoms. The van der Waals surface area contributed by atoms with Crippen LogP contribution in [0.3, 0.4) is 0 Å². The first kappa shape index (κ1) is 18.8. The van der Waals surface area contributed by atoms with Gasteiger partial charge in [-0.3, -0.25) is 9.59 Å². The summed E-state index contributed by atoms with van der Waals surface area (Å²) in [5.41, 5.74) is 0.828. The molecule has 0 saturated heterocycles. The van der Waals surface area contributed by atoms with E-state index in [0.717, 1.165) is 28.3 Å². The van der Waals surface area contributed by atoms with Crippen molar-refractivity contribution < 1.29 is 14.5 Å². The SMILES string of the molecule is CSc1ccccc1NC(=O)C[NH+](C)CC(=O)NC1CCCCC1. The number of para-hydroxylation sites is 1. The fourth-order valence-corrected chi connectivity index (χ4v) is 3.63. The van der Waals surface area contributed by atoms with Gasteiger partial charge in [-0.15, -0.1) is 11.8 Å². The molecular weight excluding hydrogens is 322 g/mol. The van der Waals surface area contributed by atoms with Gasteiger partial charge in [0.2, 0.25) is 0 Å². The van der Waals surface area contributed by atoms with Crippen LogP contribution in [0.15, 0.2) is 29.2 Å². The van der Waals surface area contributed by atoms with Gasteiger partial charge in [-0.2, -0.15) is 0 Å². The lowest BCUT2D eigenvalue weighted by molar-refractivity contribution is -0.862. The molecule has 1 aliphatic rings. The largest absolute Gasteiger partial charge is 0.348 e. The number of carbonyl (C=O) groups is 2. The van der Waals surface area contributed by atoms with Crippen molar-refractivity contribution in [2.45, 2.75) is 43.0 Å². The van der Waals surface area contributed by atoms with E-state index in [-0.39, 0.29) is 18.4 Å². The van der Waals surface area contributed by atoms with Crippen LogP contribution in [0.1, 0.15) is 32.1 Å². The van der Waals surface area contributed by atoms with Gasteiger partial charge in [0.15, 0.2) is 13.1 Å². The Hall–Kier alpha value is -1.53. The third-order valence-electron chi connectivity index (χ3n) is 4.28. The maximum atomic E-state index is 12.2. The summed E-state index contributed by atoms with van der Waals surface area (Å²) in [4.78, 5) is 26.2. The Bertz CT molecular complexity index is 559. The maximum Gasteiger partial charge on any atom is 0.279 e. The first-order valence-electron chi connectivity index (χ1n) is 8.62. The number of hydrogen-bond acceptors (Lipinski definition) is 3. The molecule has 0 spiro atoms. The topological polar surface area (TPSA) is 62.6 Å². The van der Waals surface area contributed by atoms with Gasteiger partial charge in [-0.1, -0.05) is 31.4 Å². The molecule has 0 aliphatic heterocycles. The summed E-state index contributed by atoms with van der Waals surface area (Å²) in [6, 6.07) is 8.06. The number of hydrogen-bond donors (Lipinski definition) is 3. The number of thioether (sulfide) groups is 1. The molecule has 1 atom stereocenters.